The highest BCUT2D eigenvalue weighted by Gasteiger charge is 2.14. The van der Waals surface area contributed by atoms with Gasteiger partial charge in [0, 0.05) is 38.8 Å². The SMILES string of the molecule is CCCCNC(=O)OCCN(CCOC(=O)NCCCC)CC(N)c1ccc(C)cc1.Cl.Cl. The molecule has 0 aliphatic heterocycles. The van der Waals surface area contributed by atoms with Gasteiger partial charge in [-0.05, 0) is 25.3 Å². The standard InChI is InChI=1S/C23H40N4O4.2ClH/c1-4-6-12-25-22(28)30-16-14-27(15-17-31-23(29)26-13-7-5-2)18-21(24)20-10-8-19(3)9-11-20;;/h8-11,21H,4-7,12-18,24H2,1-3H3,(H,25,28)(H,26,29);2*1H. The molecule has 1 unspecified atom stereocenters. The molecule has 0 heterocycles. The maximum Gasteiger partial charge on any atom is 0.407 e. The minimum atomic E-state index is -0.414. The van der Waals surface area contributed by atoms with Crippen molar-refractivity contribution in [1.29, 1.82) is 0 Å². The second-order valence-corrected chi connectivity index (χ2v) is 7.65. The van der Waals surface area contributed by atoms with Crippen LogP contribution in [-0.4, -0.2) is 63.0 Å². The lowest BCUT2D eigenvalue weighted by Gasteiger charge is -2.25. The Balaban J connectivity index is 0. The van der Waals surface area contributed by atoms with Gasteiger partial charge in [0.15, 0.2) is 0 Å². The third-order valence-electron chi connectivity index (χ3n) is 4.84. The monoisotopic (exact) mass is 508 g/mol. The van der Waals surface area contributed by atoms with Crippen LogP contribution in [0.15, 0.2) is 24.3 Å². The zero-order valence-electron chi connectivity index (χ0n) is 20.1. The Morgan fingerprint density at radius 1 is 0.909 bits per heavy atom. The number of hydrogen-bond acceptors (Lipinski definition) is 6. The third-order valence-corrected chi connectivity index (χ3v) is 4.84. The molecular weight excluding hydrogens is 467 g/mol. The highest BCUT2D eigenvalue weighted by atomic mass is 35.5. The molecule has 0 aliphatic carbocycles. The van der Waals surface area contributed by atoms with Crippen molar-refractivity contribution in [1.82, 2.24) is 15.5 Å². The van der Waals surface area contributed by atoms with Crippen molar-refractivity contribution in [2.75, 3.05) is 45.9 Å². The smallest absolute Gasteiger partial charge is 0.407 e. The summed E-state index contributed by atoms with van der Waals surface area (Å²) in [7, 11) is 0. The molecule has 0 radical (unpaired) electrons. The first-order valence-electron chi connectivity index (χ1n) is 11.3. The highest BCUT2D eigenvalue weighted by molar-refractivity contribution is 5.85. The van der Waals surface area contributed by atoms with Crippen LogP contribution in [0.1, 0.15) is 56.7 Å². The minimum Gasteiger partial charge on any atom is -0.448 e. The Morgan fingerprint density at radius 2 is 1.36 bits per heavy atom. The van der Waals surface area contributed by atoms with Crippen LogP contribution in [0.25, 0.3) is 0 Å². The van der Waals surface area contributed by atoms with Gasteiger partial charge >= 0.3 is 12.2 Å². The van der Waals surface area contributed by atoms with E-state index in [1.165, 1.54) is 5.56 Å². The van der Waals surface area contributed by atoms with Crippen molar-refractivity contribution >= 4 is 37.0 Å². The van der Waals surface area contributed by atoms with Gasteiger partial charge in [0.25, 0.3) is 0 Å². The van der Waals surface area contributed by atoms with Crippen molar-refractivity contribution < 1.29 is 19.1 Å². The molecule has 1 atom stereocenters. The van der Waals surface area contributed by atoms with Crippen LogP contribution in [0.4, 0.5) is 9.59 Å². The molecule has 1 rings (SSSR count). The maximum atomic E-state index is 11.7. The number of hydrogen-bond donors (Lipinski definition) is 3. The predicted octanol–water partition coefficient (Wildman–Crippen LogP) is 4.19. The van der Waals surface area contributed by atoms with E-state index in [2.05, 4.69) is 24.5 Å². The van der Waals surface area contributed by atoms with Gasteiger partial charge in [-0.3, -0.25) is 4.90 Å². The number of amides is 2. The molecule has 0 aromatic heterocycles. The molecule has 0 fully saturated rings. The molecule has 0 saturated carbocycles. The number of carbonyl (C=O) groups is 2. The summed E-state index contributed by atoms with van der Waals surface area (Å²) in [6.07, 6.45) is 3.04. The summed E-state index contributed by atoms with van der Waals surface area (Å²) in [4.78, 5) is 25.5. The van der Waals surface area contributed by atoms with Crippen LogP contribution >= 0.6 is 24.8 Å². The summed E-state index contributed by atoms with van der Waals surface area (Å²) in [5.74, 6) is 0. The number of aryl methyl sites for hydroxylation is 1. The second kappa shape index (κ2) is 20.8. The van der Waals surface area contributed by atoms with Crippen molar-refractivity contribution in [2.45, 2.75) is 52.5 Å². The maximum absolute atomic E-state index is 11.7. The quantitative estimate of drug-likeness (QED) is 0.306. The van der Waals surface area contributed by atoms with Gasteiger partial charge in [-0.25, -0.2) is 9.59 Å². The molecule has 192 valence electrons. The van der Waals surface area contributed by atoms with Gasteiger partial charge in [-0.1, -0.05) is 56.5 Å². The fourth-order valence-electron chi connectivity index (χ4n) is 2.86. The van der Waals surface area contributed by atoms with Gasteiger partial charge < -0.3 is 25.8 Å². The van der Waals surface area contributed by atoms with E-state index < -0.39 is 12.2 Å². The van der Waals surface area contributed by atoms with Crippen molar-refractivity contribution in [3.63, 3.8) is 0 Å². The molecule has 0 aliphatic rings. The van der Waals surface area contributed by atoms with Crippen LogP contribution in [0.3, 0.4) is 0 Å². The zero-order valence-corrected chi connectivity index (χ0v) is 21.8. The van der Waals surface area contributed by atoms with Gasteiger partial charge in [0.05, 0.1) is 0 Å². The second-order valence-electron chi connectivity index (χ2n) is 7.65. The number of nitrogens with one attached hydrogen (secondary N) is 2. The van der Waals surface area contributed by atoms with Gasteiger partial charge in [-0.2, -0.15) is 0 Å². The fourth-order valence-corrected chi connectivity index (χ4v) is 2.86. The summed E-state index contributed by atoms with van der Waals surface area (Å²) >= 11 is 0. The van der Waals surface area contributed by atoms with Crippen molar-refractivity contribution in [3.05, 3.63) is 35.4 Å². The van der Waals surface area contributed by atoms with Crippen LogP contribution < -0.4 is 16.4 Å². The Kier molecular flexibility index (Phi) is 21.1. The Hall–Kier alpha value is -1.74. The molecule has 4 N–H and O–H groups in total. The molecule has 10 heteroatoms. The molecule has 0 bridgehead atoms. The van der Waals surface area contributed by atoms with Gasteiger partial charge in [0.2, 0.25) is 0 Å². The predicted molar refractivity (Wildman–Crippen MR) is 138 cm³/mol. The number of carbonyl (C=O) groups excluding carboxylic acids is 2. The van der Waals surface area contributed by atoms with E-state index in [9.17, 15) is 9.59 Å². The number of benzene rings is 1. The fraction of sp³-hybridized carbons (Fsp3) is 0.652. The molecular formula is C23H42Cl2N4O4. The average Bonchev–Trinajstić information content (AvgIpc) is 2.74. The number of alkyl carbamates (subject to hydrolysis) is 2. The lowest BCUT2D eigenvalue weighted by atomic mass is 10.1. The van der Waals surface area contributed by atoms with E-state index in [1.54, 1.807) is 0 Å². The number of ether oxygens (including phenoxy) is 2. The van der Waals surface area contributed by atoms with Gasteiger partial charge in [-0.15, -0.1) is 24.8 Å². The first kappa shape index (κ1) is 33.4. The number of nitrogens with two attached hydrogens (primary N) is 1. The average molecular weight is 510 g/mol. The number of rotatable bonds is 15. The normalized spacial score (nSPS) is 11.1. The number of nitrogens with zero attached hydrogens (tertiary/aromatic N) is 1. The Bertz CT molecular complexity index is 607. The molecule has 1 aromatic rings. The van der Waals surface area contributed by atoms with Crippen LogP contribution in [0.2, 0.25) is 0 Å². The molecule has 2 amide bonds. The van der Waals surface area contributed by atoms with Crippen molar-refractivity contribution in [3.8, 4) is 0 Å². The Labute approximate surface area is 211 Å². The Morgan fingerprint density at radius 3 is 1.79 bits per heavy atom. The summed E-state index contributed by atoms with van der Waals surface area (Å²) in [5, 5.41) is 5.46. The summed E-state index contributed by atoms with van der Waals surface area (Å²) in [6, 6.07) is 7.92. The minimum absolute atomic E-state index is 0. The summed E-state index contributed by atoms with van der Waals surface area (Å²) in [6.45, 7) is 9.42. The first-order chi connectivity index (χ1) is 15.0. The molecule has 1 aromatic carbocycles. The zero-order chi connectivity index (χ0) is 22.9. The molecule has 0 spiro atoms. The molecule has 0 saturated heterocycles. The largest absolute Gasteiger partial charge is 0.448 e. The van der Waals surface area contributed by atoms with Crippen molar-refractivity contribution in [2.24, 2.45) is 5.73 Å². The van der Waals surface area contributed by atoms with E-state index in [4.69, 9.17) is 15.2 Å². The van der Waals surface area contributed by atoms with E-state index in [0.29, 0.717) is 32.7 Å². The van der Waals surface area contributed by atoms with E-state index in [0.717, 1.165) is 31.2 Å². The highest BCUT2D eigenvalue weighted by Crippen LogP contribution is 2.13. The van der Waals surface area contributed by atoms with Crippen LogP contribution in [0.5, 0.6) is 0 Å². The van der Waals surface area contributed by atoms with E-state index in [-0.39, 0.29) is 44.1 Å². The molecule has 8 nitrogen and oxygen atoms in total. The van der Waals surface area contributed by atoms with E-state index in [1.807, 2.05) is 36.1 Å². The number of unbranched alkanes of at least 4 members (excludes halogenated alkanes) is 2. The first-order valence-corrected chi connectivity index (χ1v) is 11.3. The summed E-state index contributed by atoms with van der Waals surface area (Å²) < 4.78 is 10.5. The lowest BCUT2D eigenvalue weighted by molar-refractivity contribution is 0.104. The topological polar surface area (TPSA) is 106 Å². The molecule has 33 heavy (non-hydrogen) atoms. The number of halogens is 2. The van der Waals surface area contributed by atoms with Crippen LogP contribution in [-0.2, 0) is 9.47 Å². The lowest BCUT2D eigenvalue weighted by Crippen LogP contribution is -2.39. The van der Waals surface area contributed by atoms with Gasteiger partial charge in [0.1, 0.15) is 13.2 Å². The third kappa shape index (κ3) is 16.5. The van der Waals surface area contributed by atoms with Crippen LogP contribution in [0, 0.1) is 6.92 Å². The summed E-state index contributed by atoms with van der Waals surface area (Å²) in [5.41, 5.74) is 8.60. The van der Waals surface area contributed by atoms with E-state index >= 15 is 0 Å².